The number of rotatable bonds is 4. The van der Waals surface area contributed by atoms with Crippen LogP contribution in [0.2, 0.25) is 0 Å². The number of thiazole rings is 1. The Kier molecular flexibility index (Phi) is 6.06. The summed E-state index contributed by atoms with van der Waals surface area (Å²) in [4.78, 5) is 4.84. The number of fused-ring (bicyclic) bond motifs is 1. The quantitative estimate of drug-likeness (QED) is 0.299. The summed E-state index contributed by atoms with van der Waals surface area (Å²) < 4.78 is 41.3. The standard InChI is InChI=1S/C24H16BrF2N3O2S/c25-17-3-1-2-16(11-17)21-14-33-24(29-20-6-5-18(26)12-19(20)27)30(21)28-13-15-4-7-22-23(10-15)32-9-8-31-22/h1-7,10-14H,8-9H2/b28-13-,29-24?. The molecule has 3 aromatic carbocycles. The number of aromatic nitrogens is 1. The van der Waals surface area contributed by atoms with E-state index >= 15 is 0 Å². The van der Waals surface area contributed by atoms with E-state index in [2.05, 4.69) is 26.0 Å². The Morgan fingerprint density at radius 3 is 2.64 bits per heavy atom. The van der Waals surface area contributed by atoms with Crippen LogP contribution in [0.25, 0.3) is 11.3 Å². The molecule has 0 radical (unpaired) electrons. The van der Waals surface area contributed by atoms with Gasteiger partial charge >= 0.3 is 0 Å². The van der Waals surface area contributed by atoms with Crippen molar-refractivity contribution < 1.29 is 18.3 Å². The van der Waals surface area contributed by atoms with Gasteiger partial charge in [0.1, 0.15) is 24.7 Å². The van der Waals surface area contributed by atoms with Crippen LogP contribution in [0.3, 0.4) is 0 Å². The summed E-state index contributed by atoms with van der Waals surface area (Å²) in [5.74, 6) is -0.0448. The molecule has 0 saturated heterocycles. The molecule has 0 bridgehead atoms. The monoisotopic (exact) mass is 527 g/mol. The highest BCUT2D eigenvalue weighted by Crippen LogP contribution is 2.30. The lowest BCUT2D eigenvalue weighted by Crippen LogP contribution is -2.15. The molecule has 0 saturated carbocycles. The Labute approximate surface area is 200 Å². The topological polar surface area (TPSA) is 48.1 Å². The molecule has 9 heteroatoms. The minimum atomic E-state index is -0.741. The van der Waals surface area contributed by atoms with Crippen LogP contribution >= 0.6 is 27.3 Å². The van der Waals surface area contributed by atoms with E-state index in [1.165, 1.54) is 23.5 Å². The molecule has 5 nitrogen and oxygen atoms in total. The maximum absolute atomic E-state index is 14.3. The van der Waals surface area contributed by atoms with Gasteiger partial charge in [0.25, 0.3) is 0 Å². The van der Waals surface area contributed by atoms with Gasteiger partial charge in [-0.2, -0.15) is 5.10 Å². The maximum atomic E-state index is 14.3. The van der Waals surface area contributed by atoms with Crippen molar-refractivity contribution in [1.29, 1.82) is 0 Å². The van der Waals surface area contributed by atoms with Crippen LogP contribution in [-0.4, -0.2) is 24.1 Å². The second kappa shape index (κ2) is 9.29. The Balaban J connectivity index is 1.61. The number of ether oxygens (including phenoxy) is 2. The van der Waals surface area contributed by atoms with Crippen LogP contribution in [0.4, 0.5) is 14.5 Å². The summed E-state index contributed by atoms with van der Waals surface area (Å²) >= 11 is 4.80. The second-order valence-corrected chi connectivity index (χ2v) is 8.83. The largest absolute Gasteiger partial charge is 0.486 e. The minimum absolute atomic E-state index is 0.0299. The predicted octanol–water partition coefficient (Wildman–Crippen LogP) is 6.14. The molecule has 1 aliphatic heterocycles. The van der Waals surface area contributed by atoms with E-state index in [0.29, 0.717) is 29.5 Å². The average Bonchev–Trinajstić information content (AvgIpc) is 3.22. The first kappa shape index (κ1) is 21.5. The molecule has 0 spiro atoms. The molecule has 2 heterocycles. The summed E-state index contributed by atoms with van der Waals surface area (Å²) in [5, 5.41) is 6.53. The Hall–Kier alpha value is -3.30. The van der Waals surface area contributed by atoms with Crippen LogP contribution in [0.1, 0.15) is 5.56 Å². The minimum Gasteiger partial charge on any atom is -0.486 e. The zero-order valence-electron chi connectivity index (χ0n) is 17.0. The lowest BCUT2D eigenvalue weighted by Gasteiger charge is -2.18. The van der Waals surface area contributed by atoms with Gasteiger partial charge in [-0.05, 0) is 48.0 Å². The van der Waals surface area contributed by atoms with E-state index in [1.54, 1.807) is 10.9 Å². The summed E-state index contributed by atoms with van der Waals surface area (Å²) in [6.45, 7) is 1.01. The Morgan fingerprint density at radius 2 is 1.82 bits per heavy atom. The highest BCUT2D eigenvalue weighted by molar-refractivity contribution is 9.10. The zero-order valence-corrected chi connectivity index (χ0v) is 19.4. The first-order valence-electron chi connectivity index (χ1n) is 9.97. The molecule has 0 unspecified atom stereocenters. The predicted molar refractivity (Wildman–Crippen MR) is 127 cm³/mol. The molecule has 0 fully saturated rings. The van der Waals surface area contributed by atoms with Gasteiger partial charge in [-0.3, -0.25) is 0 Å². The van der Waals surface area contributed by atoms with Gasteiger partial charge in [0.05, 0.1) is 11.9 Å². The molecule has 5 rings (SSSR count). The van der Waals surface area contributed by atoms with E-state index < -0.39 is 11.6 Å². The summed E-state index contributed by atoms with van der Waals surface area (Å²) in [5.41, 5.74) is 2.51. The lowest BCUT2D eigenvalue weighted by atomic mass is 10.2. The number of nitrogens with zero attached hydrogens (tertiary/aromatic N) is 3. The fourth-order valence-electron chi connectivity index (χ4n) is 3.27. The van der Waals surface area contributed by atoms with Gasteiger partial charge in [-0.15, -0.1) is 11.3 Å². The molecular formula is C24H16BrF2N3O2S. The van der Waals surface area contributed by atoms with Crippen molar-refractivity contribution in [2.45, 2.75) is 0 Å². The Bertz CT molecular complexity index is 1430. The van der Waals surface area contributed by atoms with E-state index in [9.17, 15) is 8.78 Å². The number of benzene rings is 3. The fourth-order valence-corrected chi connectivity index (χ4v) is 4.52. The third kappa shape index (κ3) is 4.74. The van der Waals surface area contributed by atoms with Crippen LogP contribution in [0.5, 0.6) is 11.5 Å². The highest BCUT2D eigenvalue weighted by Gasteiger charge is 2.12. The molecule has 33 heavy (non-hydrogen) atoms. The van der Waals surface area contributed by atoms with Crippen LogP contribution < -0.4 is 14.3 Å². The summed E-state index contributed by atoms with van der Waals surface area (Å²) in [6.07, 6.45) is 1.67. The zero-order chi connectivity index (χ0) is 22.8. The fraction of sp³-hybridized carbons (Fsp3) is 0.0833. The molecule has 1 aliphatic rings. The molecule has 0 atom stereocenters. The van der Waals surface area contributed by atoms with Gasteiger partial charge in [0.15, 0.2) is 17.3 Å². The normalized spacial score (nSPS) is 13.6. The van der Waals surface area contributed by atoms with Crippen molar-refractivity contribution in [2.24, 2.45) is 10.1 Å². The molecule has 0 N–H and O–H groups in total. The number of halogens is 3. The van der Waals surface area contributed by atoms with Gasteiger partial charge in [0.2, 0.25) is 4.80 Å². The van der Waals surface area contributed by atoms with Crippen LogP contribution in [-0.2, 0) is 0 Å². The third-order valence-electron chi connectivity index (χ3n) is 4.82. The van der Waals surface area contributed by atoms with E-state index in [1.807, 2.05) is 47.8 Å². The first-order valence-corrected chi connectivity index (χ1v) is 11.6. The van der Waals surface area contributed by atoms with Crippen molar-refractivity contribution >= 4 is 39.2 Å². The van der Waals surface area contributed by atoms with Crippen molar-refractivity contribution in [3.63, 3.8) is 0 Å². The SMILES string of the molecule is Fc1ccc(N=c2scc(-c3cccc(Br)c3)n2/N=C\c2ccc3c(c2)OCCO3)c(F)c1. The summed E-state index contributed by atoms with van der Waals surface area (Å²) in [6, 6.07) is 16.6. The first-order chi connectivity index (χ1) is 16.1. The molecule has 0 aliphatic carbocycles. The smallest absolute Gasteiger partial charge is 0.211 e. The summed E-state index contributed by atoms with van der Waals surface area (Å²) in [7, 11) is 0. The van der Waals surface area contributed by atoms with Crippen molar-refractivity contribution in [1.82, 2.24) is 4.68 Å². The number of hydrogen-bond acceptors (Lipinski definition) is 5. The van der Waals surface area contributed by atoms with Gasteiger partial charge in [-0.1, -0.05) is 28.1 Å². The van der Waals surface area contributed by atoms with Crippen molar-refractivity contribution in [2.75, 3.05) is 13.2 Å². The molecule has 4 aromatic rings. The molecule has 166 valence electrons. The molecule has 0 amide bonds. The van der Waals surface area contributed by atoms with Crippen molar-refractivity contribution in [3.05, 3.63) is 92.5 Å². The molecular weight excluding hydrogens is 512 g/mol. The van der Waals surface area contributed by atoms with Gasteiger partial charge in [0, 0.05) is 21.5 Å². The van der Waals surface area contributed by atoms with Gasteiger partial charge < -0.3 is 9.47 Å². The number of hydrogen-bond donors (Lipinski definition) is 0. The maximum Gasteiger partial charge on any atom is 0.211 e. The van der Waals surface area contributed by atoms with E-state index in [4.69, 9.17) is 9.47 Å². The lowest BCUT2D eigenvalue weighted by molar-refractivity contribution is 0.171. The average molecular weight is 528 g/mol. The van der Waals surface area contributed by atoms with Crippen molar-refractivity contribution in [3.8, 4) is 22.8 Å². The molecule has 1 aromatic heterocycles. The third-order valence-corrected chi connectivity index (χ3v) is 6.13. The van der Waals surface area contributed by atoms with E-state index in [0.717, 1.165) is 27.4 Å². The second-order valence-electron chi connectivity index (χ2n) is 7.08. The van der Waals surface area contributed by atoms with Gasteiger partial charge in [-0.25, -0.2) is 18.4 Å². The van der Waals surface area contributed by atoms with Crippen LogP contribution in [0.15, 0.2) is 80.6 Å². The van der Waals surface area contributed by atoms with Crippen LogP contribution in [0, 0.1) is 11.6 Å². The van der Waals surface area contributed by atoms with E-state index in [-0.39, 0.29) is 5.69 Å². The highest BCUT2D eigenvalue weighted by atomic mass is 79.9. The Morgan fingerprint density at radius 1 is 0.970 bits per heavy atom.